The van der Waals surface area contributed by atoms with E-state index in [0.29, 0.717) is 44.5 Å². The van der Waals surface area contributed by atoms with Crippen molar-refractivity contribution in [2.45, 2.75) is 38.1 Å². The summed E-state index contributed by atoms with van der Waals surface area (Å²) in [5.74, 6) is -2.83. The normalized spacial score (nSPS) is 14.8. The van der Waals surface area contributed by atoms with Gasteiger partial charge < -0.3 is 23.7 Å². The first kappa shape index (κ1) is 31.6. The van der Waals surface area contributed by atoms with Crippen LogP contribution < -0.4 is 69.7 Å². The van der Waals surface area contributed by atoms with Gasteiger partial charge in [0.1, 0.15) is 6.04 Å². The summed E-state index contributed by atoms with van der Waals surface area (Å²) >= 11 is 0. The van der Waals surface area contributed by atoms with Gasteiger partial charge in [0.15, 0.2) is 0 Å². The maximum Gasteiger partial charge on any atom is 1.00 e. The standard InChI is InChI=1S/C25H31N3O5.2Na.2H/c26-14-6-7-15-27(17-20(23(29)30)13-12-18-8-2-1-3-9-18)25(33)28-21-11-5-4-10-19(21)16-22(28)24(31)32;;;;/h1-5,8-11,20,22H,6-7,12-17,26H2,(H,29,30)(H,31,32);;;;/q;2*+1;2*-1/t20-,22?;;;;/m0..../s1. The molecule has 10 heteroatoms. The third-order valence-electron chi connectivity index (χ3n) is 6.03. The number of aliphatic carboxylic acids is 2. The molecule has 2 atom stereocenters. The minimum atomic E-state index is -1.08. The van der Waals surface area contributed by atoms with E-state index in [1.54, 1.807) is 12.1 Å². The molecule has 1 unspecified atom stereocenters. The van der Waals surface area contributed by atoms with Crippen molar-refractivity contribution in [2.75, 3.05) is 24.5 Å². The Kier molecular flexibility index (Phi) is 14.2. The van der Waals surface area contributed by atoms with Crippen LogP contribution in [-0.2, 0) is 22.4 Å². The number of anilines is 1. The number of amides is 2. The summed E-state index contributed by atoms with van der Waals surface area (Å²) in [6.45, 7) is 0.787. The molecule has 0 spiro atoms. The molecule has 1 aliphatic heterocycles. The summed E-state index contributed by atoms with van der Waals surface area (Å²) in [6, 6.07) is 15.3. The Hall–Kier alpha value is -1.39. The molecule has 1 aliphatic rings. The number of nitrogens with two attached hydrogens (primary N) is 1. The molecule has 8 nitrogen and oxygen atoms in total. The number of benzene rings is 2. The van der Waals surface area contributed by atoms with E-state index in [2.05, 4.69) is 0 Å². The number of carboxylic acid groups (broad SMARTS) is 2. The van der Waals surface area contributed by atoms with Gasteiger partial charge in [0, 0.05) is 25.2 Å². The number of carboxylic acids is 2. The van der Waals surface area contributed by atoms with Crippen molar-refractivity contribution in [1.29, 1.82) is 0 Å². The van der Waals surface area contributed by atoms with Gasteiger partial charge in [-0.1, -0.05) is 48.5 Å². The number of unbranched alkanes of at least 4 members (excludes halogenated alkanes) is 1. The number of urea groups is 1. The Bertz CT molecular complexity index is 988. The van der Waals surface area contributed by atoms with Crippen LogP contribution in [0.1, 0.15) is 33.2 Å². The molecule has 0 saturated heterocycles. The maximum absolute atomic E-state index is 13.6. The number of carbonyl (C=O) groups is 3. The summed E-state index contributed by atoms with van der Waals surface area (Å²) in [4.78, 5) is 40.4. The maximum atomic E-state index is 13.6. The van der Waals surface area contributed by atoms with Crippen LogP contribution in [0.3, 0.4) is 0 Å². The van der Waals surface area contributed by atoms with E-state index in [4.69, 9.17) is 5.73 Å². The summed E-state index contributed by atoms with van der Waals surface area (Å²) in [5, 5.41) is 19.6. The molecule has 1 heterocycles. The Balaban J connectivity index is 0. The molecule has 0 bridgehead atoms. The summed E-state index contributed by atoms with van der Waals surface area (Å²) < 4.78 is 0. The molecule has 2 amide bonds. The van der Waals surface area contributed by atoms with Crippen LogP contribution in [-0.4, -0.2) is 58.8 Å². The van der Waals surface area contributed by atoms with Gasteiger partial charge >= 0.3 is 77.1 Å². The number of carbonyl (C=O) groups excluding carboxylic acids is 1. The van der Waals surface area contributed by atoms with Gasteiger partial charge in [-0.25, -0.2) is 9.59 Å². The molecule has 4 N–H and O–H groups in total. The Labute approximate surface area is 253 Å². The summed E-state index contributed by atoms with van der Waals surface area (Å²) in [5.41, 5.74) is 8.00. The molecule has 2 aromatic carbocycles. The number of hydrogen-bond donors (Lipinski definition) is 3. The quantitative estimate of drug-likeness (QED) is 0.226. The summed E-state index contributed by atoms with van der Waals surface area (Å²) in [7, 11) is 0. The second kappa shape index (κ2) is 15.7. The van der Waals surface area contributed by atoms with Gasteiger partial charge in [0.25, 0.3) is 0 Å². The largest absolute Gasteiger partial charge is 1.00 e. The van der Waals surface area contributed by atoms with Crippen LogP contribution in [0.2, 0.25) is 0 Å². The smallest absolute Gasteiger partial charge is 1.00 e. The molecule has 0 radical (unpaired) electrons. The zero-order chi connectivity index (χ0) is 23.8. The molecule has 0 saturated carbocycles. The predicted molar refractivity (Wildman–Crippen MR) is 127 cm³/mol. The fourth-order valence-corrected chi connectivity index (χ4v) is 4.23. The van der Waals surface area contributed by atoms with Crippen molar-refractivity contribution >= 4 is 23.7 Å². The monoisotopic (exact) mass is 501 g/mol. The Morgan fingerprint density at radius 2 is 1.69 bits per heavy atom. The van der Waals surface area contributed by atoms with Crippen molar-refractivity contribution in [3.05, 3.63) is 65.7 Å². The Morgan fingerprint density at radius 1 is 1.03 bits per heavy atom. The first-order chi connectivity index (χ1) is 15.9. The number of fused-ring (bicyclic) bond motifs is 1. The van der Waals surface area contributed by atoms with Crippen LogP contribution in [0.15, 0.2) is 54.6 Å². The van der Waals surface area contributed by atoms with Crippen molar-refractivity contribution < 1.29 is 86.6 Å². The van der Waals surface area contributed by atoms with Crippen LogP contribution in [0.25, 0.3) is 0 Å². The first-order valence-corrected chi connectivity index (χ1v) is 11.3. The molecule has 2 aromatic rings. The molecule has 180 valence electrons. The third-order valence-corrected chi connectivity index (χ3v) is 6.03. The Morgan fingerprint density at radius 3 is 2.31 bits per heavy atom. The number of aryl methyl sites for hydroxylation is 1. The topological polar surface area (TPSA) is 124 Å². The number of nitrogens with zero attached hydrogens (tertiary/aromatic N) is 2. The first-order valence-electron chi connectivity index (χ1n) is 11.3. The van der Waals surface area contributed by atoms with Crippen molar-refractivity contribution in [3.8, 4) is 0 Å². The number of rotatable bonds is 11. The second-order valence-corrected chi connectivity index (χ2v) is 8.34. The predicted octanol–water partition coefficient (Wildman–Crippen LogP) is -2.77. The number of para-hydroxylation sites is 1. The second-order valence-electron chi connectivity index (χ2n) is 8.34. The summed E-state index contributed by atoms with van der Waals surface area (Å²) in [6.07, 6.45) is 2.47. The molecule has 0 fully saturated rings. The minimum absolute atomic E-state index is 0. The van der Waals surface area contributed by atoms with Gasteiger partial charge in [-0.05, 0) is 49.4 Å². The fourth-order valence-electron chi connectivity index (χ4n) is 4.23. The van der Waals surface area contributed by atoms with Crippen LogP contribution >= 0.6 is 0 Å². The van der Waals surface area contributed by atoms with E-state index in [1.165, 1.54) is 9.80 Å². The SMILES string of the molecule is NCCCCN(C[C@H](CCc1ccccc1)C(=O)O)C(=O)N1c2ccccc2CC1C(=O)O.[H-].[H-].[Na+].[Na+]. The van der Waals surface area contributed by atoms with Crippen LogP contribution in [0.5, 0.6) is 0 Å². The van der Waals surface area contributed by atoms with E-state index in [-0.39, 0.29) is 74.9 Å². The molecule has 0 aromatic heterocycles. The molecule has 0 aliphatic carbocycles. The van der Waals surface area contributed by atoms with Gasteiger partial charge in [-0.3, -0.25) is 9.69 Å². The zero-order valence-corrected chi connectivity index (χ0v) is 24.6. The van der Waals surface area contributed by atoms with Gasteiger partial charge in [0.2, 0.25) is 0 Å². The van der Waals surface area contributed by atoms with Crippen LogP contribution in [0.4, 0.5) is 10.5 Å². The molecular formula is C25H33N3Na2O5. The van der Waals surface area contributed by atoms with Crippen molar-refractivity contribution in [3.63, 3.8) is 0 Å². The molecular weight excluding hydrogens is 468 g/mol. The average molecular weight is 502 g/mol. The van der Waals surface area contributed by atoms with E-state index >= 15 is 0 Å². The van der Waals surface area contributed by atoms with E-state index in [0.717, 1.165) is 11.1 Å². The van der Waals surface area contributed by atoms with E-state index in [9.17, 15) is 24.6 Å². The van der Waals surface area contributed by atoms with E-state index < -0.39 is 29.9 Å². The average Bonchev–Trinajstić information content (AvgIpc) is 3.21. The molecule has 3 rings (SSSR count). The van der Waals surface area contributed by atoms with Crippen LogP contribution in [0, 0.1) is 5.92 Å². The van der Waals surface area contributed by atoms with Crippen molar-refractivity contribution in [1.82, 2.24) is 4.90 Å². The molecule has 35 heavy (non-hydrogen) atoms. The van der Waals surface area contributed by atoms with Crippen molar-refractivity contribution in [2.24, 2.45) is 11.7 Å². The van der Waals surface area contributed by atoms with E-state index in [1.807, 2.05) is 42.5 Å². The fraction of sp³-hybridized carbons (Fsp3) is 0.400. The van der Waals surface area contributed by atoms with Gasteiger partial charge in [-0.15, -0.1) is 0 Å². The minimum Gasteiger partial charge on any atom is -1.00 e. The third kappa shape index (κ3) is 8.60. The zero-order valence-electron chi connectivity index (χ0n) is 22.6. The van der Waals surface area contributed by atoms with Gasteiger partial charge in [-0.2, -0.15) is 0 Å². The van der Waals surface area contributed by atoms with Gasteiger partial charge in [0.05, 0.1) is 5.92 Å². The number of hydrogen-bond acceptors (Lipinski definition) is 4.